The molecule has 0 saturated heterocycles. The Labute approximate surface area is 122 Å². The van der Waals surface area contributed by atoms with Crippen molar-refractivity contribution in [1.82, 2.24) is 0 Å². The summed E-state index contributed by atoms with van der Waals surface area (Å²) in [6.07, 6.45) is 0.792. The molecule has 3 heteroatoms. The summed E-state index contributed by atoms with van der Waals surface area (Å²) in [5.74, 6) is 1.71. The summed E-state index contributed by atoms with van der Waals surface area (Å²) in [4.78, 5) is 0. The summed E-state index contributed by atoms with van der Waals surface area (Å²) in [6, 6.07) is 14.2. The second-order valence-electron chi connectivity index (χ2n) is 4.85. The fraction of sp³-hybridized carbons (Fsp3) is 0.250. The lowest BCUT2D eigenvalue weighted by atomic mass is 10.1. The number of ether oxygens (including phenoxy) is 1. The average Bonchev–Trinajstić information content (AvgIpc) is 2.34. The maximum atomic E-state index is 5.94. The fourth-order valence-corrected chi connectivity index (χ4v) is 2.30. The first-order valence-corrected chi connectivity index (χ1v) is 7.12. The minimum atomic E-state index is 0.106. The molecular formula is C16H18BrNO. The van der Waals surface area contributed by atoms with E-state index in [-0.39, 0.29) is 6.04 Å². The number of hydrogen-bond acceptors (Lipinski definition) is 2. The Hall–Kier alpha value is -1.32. The second kappa shape index (κ2) is 6.22. The molecule has 0 amide bonds. The summed E-state index contributed by atoms with van der Waals surface area (Å²) >= 11 is 3.48. The van der Waals surface area contributed by atoms with Gasteiger partial charge in [0, 0.05) is 10.5 Å². The molecule has 0 aliphatic carbocycles. The zero-order valence-corrected chi connectivity index (χ0v) is 12.8. The molecule has 0 fully saturated rings. The maximum Gasteiger partial charge on any atom is 0.130 e. The van der Waals surface area contributed by atoms with Crippen molar-refractivity contribution in [2.75, 3.05) is 0 Å². The first-order chi connectivity index (χ1) is 9.04. The third-order valence-corrected chi connectivity index (χ3v) is 3.31. The zero-order chi connectivity index (χ0) is 13.8. The van der Waals surface area contributed by atoms with Gasteiger partial charge < -0.3 is 10.5 Å². The molecule has 0 saturated carbocycles. The van der Waals surface area contributed by atoms with Gasteiger partial charge in [-0.2, -0.15) is 0 Å². The molecule has 1 unspecified atom stereocenters. The standard InChI is InChI=1S/C16H18BrNO/c1-11-3-6-15(7-4-11)19-16-8-5-14(17)10-13(16)9-12(2)18/h3-8,10,12H,9,18H2,1-2H3. The quantitative estimate of drug-likeness (QED) is 0.904. The van der Waals surface area contributed by atoms with Crippen LogP contribution in [0.5, 0.6) is 11.5 Å². The molecule has 0 aliphatic heterocycles. The van der Waals surface area contributed by atoms with E-state index in [0.29, 0.717) is 0 Å². The summed E-state index contributed by atoms with van der Waals surface area (Å²) in [5, 5.41) is 0. The predicted octanol–water partition coefficient (Wildman–Crippen LogP) is 4.44. The van der Waals surface area contributed by atoms with Crippen molar-refractivity contribution < 1.29 is 4.74 Å². The van der Waals surface area contributed by atoms with Crippen LogP contribution in [0, 0.1) is 6.92 Å². The molecule has 19 heavy (non-hydrogen) atoms. The predicted molar refractivity (Wildman–Crippen MR) is 82.7 cm³/mol. The van der Waals surface area contributed by atoms with Crippen LogP contribution in [0.2, 0.25) is 0 Å². The molecule has 2 aromatic carbocycles. The van der Waals surface area contributed by atoms with E-state index in [1.54, 1.807) is 0 Å². The third-order valence-electron chi connectivity index (χ3n) is 2.81. The Kier molecular flexibility index (Phi) is 4.61. The van der Waals surface area contributed by atoms with E-state index in [1.165, 1.54) is 5.56 Å². The molecule has 2 nitrogen and oxygen atoms in total. The molecular weight excluding hydrogens is 302 g/mol. The Morgan fingerprint density at radius 3 is 2.47 bits per heavy atom. The number of benzene rings is 2. The topological polar surface area (TPSA) is 35.2 Å². The summed E-state index contributed by atoms with van der Waals surface area (Å²) in [6.45, 7) is 4.06. The number of nitrogens with two attached hydrogens (primary N) is 1. The van der Waals surface area contributed by atoms with Crippen LogP contribution in [0.4, 0.5) is 0 Å². The Morgan fingerprint density at radius 2 is 1.84 bits per heavy atom. The lowest BCUT2D eigenvalue weighted by molar-refractivity contribution is 0.473. The Morgan fingerprint density at radius 1 is 1.16 bits per heavy atom. The van der Waals surface area contributed by atoms with Gasteiger partial charge in [-0.05, 0) is 56.2 Å². The van der Waals surface area contributed by atoms with E-state index in [0.717, 1.165) is 28.0 Å². The molecule has 0 aromatic heterocycles. The van der Waals surface area contributed by atoms with Crippen molar-refractivity contribution in [3.8, 4) is 11.5 Å². The molecule has 100 valence electrons. The van der Waals surface area contributed by atoms with Crippen LogP contribution in [0.25, 0.3) is 0 Å². The van der Waals surface area contributed by atoms with Crippen molar-refractivity contribution >= 4 is 15.9 Å². The van der Waals surface area contributed by atoms with Gasteiger partial charge in [0.05, 0.1) is 0 Å². The van der Waals surface area contributed by atoms with Gasteiger partial charge in [0.1, 0.15) is 11.5 Å². The first-order valence-electron chi connectivity index (χ1n) is 6.33. The molecule has 1 atom stereocenters. The summed E-state index contributed by atoms with van der Waals surface area (Å²) in [5.41, 5.74) is 8.22. The molecule has 0 radical (unpaired) electrons. The van der Waals surface area contributed by atoms with Crippen LogP contribution in [0.15, 0.2) is 46.9 Å². The largest absolute Gasteiger partial charge is 0.457 e. The molecule has 2 N–H and O–H groups in total. The third kappa shape index (κ3) is 4.08. The highest BCUT2D eigenvalue weighted by molar-refractivity contribution is 9.10. The molecule has 2 rings (SSSR count). The first kappa shape index (κ1) is 14.1. The highest BCUT2D eigenvalue weighted by Crippen LogP contribution is 2.29. The number of aryl methyl sites for hydroxylation is 1. The van der Waals surface area contributed by atoms with Gasteiger partial charge in [0.15, 0.2) is 0 Å². The van der Waals surface area contributed by atoms with Crippen LogP contribution < -0.4 is 10.5 Å². The smallest absolute Gasteiger partial charge is 0.130 e. The van der Waals surface area contributed by atoms with Crippen molar-refractivity contribution in [3.05, 3.63) is 58.1 Å². The Bertz CT molecular complexity index is 549. The van der Waals surface area contributed by atoms with E-state index in [9.17, 15) is 0 Å². The SMILES string of the molecule is Cc1ccc(Oc2ccc(Br)cc2CC(C)N)cc1. The van der Waals surface area contributed by atoms with Crippen LogP contribution in [-0.2, 0) is 6.42 Å². The maximum absolute atomic E-state index is 5.94. The highest BCUT2D eigenvalue weighted by atomic mass is 79.9. The molecule has 2 aromatic rings. The van der Waals surface area contributed by atoms with Crippen LogP contribution in [0.3, 0.4) is 0 Å². The van der Waals surface area contributed by atoms with Gasteiger partial charge >= 0.3 is 0 Å². The van der Waals surface area contributed by atoms with E-state index < -0.39 is 0 Å². The van der Waals surface area contributed by atoms with Crippen molar-refractivity contribution in [2.45, 2.75) is 26.3 Å². The minimum absolute atomic E-state index is 0.106. The monoisotopic (exact) mass is 319 g/mol. The van der Waals surface area contributed by atoms with E-state index in [1.807, 2.05) is 43.3 Å². The zero-order valence-electron chi connectivity index (χ0n) is 11.2. The van der Waals surface area contributed by atoms with Gasteiger partial charge in [-0.1, -0.05) is 33.6 Å². The Balaban J connectivity index is 2.26. The van der Waals surface area contributed by atoms with Gasteiger partial charge in [-0.25, -0.2) is 0 Å². The van der Waals surface area contributed by atoms with E-state index >= 15 is 0 Å². The van der Waals surface area contributed by atoms with Crippen LogP contribution >= 0.6 is 15.9 Å². The number of hydrogen-bond donors (Lipinski definition) is 1. The molecule has 0 heterocycles. The van der Waals surface area contributed by atoms with Crippen molar-refractivity contribution in [3.63, 3.8) is 0 Å². The summed E-state index contributed by atoms with van der Waals surface area (Å²) < 4.78 is 6.99. The molecule has 0 aliphatic rings. The average molecular weight is 320 g/mol. The van der Waals surface area contributed by atoms with Gasteiger partial charge in [-0.15, -0.1) is 0 Å². The molecule has 0 spiro atoms. The van der Waals surface area contributed by atoms with E-state index in [4.69, 9.17) is 10.5 Å². The van der Waals surface area contributed by atoms with Crippen LogP contribution in [0.1, 0.15) is 18.1 Å². The lowest BCUT2D eigenvalue weighted by Crippen LogP contribution is -2.18. The van der Waals surface area contributed by atoms with Gasteiger partial charge in [-0.3, -0.25) is 0 Å². The molecule has 0 bridgehead atoms. The normalized spacial score (nSPS) is 12.2. The van der Waals surface area contributed by atoms with Crippen molar-refractivity contribution in [2.24, 2.45) is 5.73 Å². The van der Waals surface area contributed by atoms with Crippen molar-refractivity contribution in [1.29, 1.82) is 0 Å². The second-order valence-corrected chi connectivity index (χ2v) is 5.76. The van der Waals surface area contributed by atoms with Gasteiger partial charge in [0.25, 0.3) is 0 Å². The van der Waals surface area contributed by atoms with E-state index in [2.05, 4.69) is 28.9 Å². The number of halogens is 1. The van der Waals surface area contributed by atoms with Crippen LogP contribution in [-0.4, -0.2) is 6.04 Å². The number of rotatable bonds is 4. The van der Waals surface area contributed by atoms with Gasteiger partial charge in [0.2, 0.25) is 0 Å². The highest BCUT2D eigenvalue weighted by Gasteiger charge is 2.08. The fourth-order valence-electron chi connectivity index (χ4n) is 1.89. The summed E-state index contributed by atoms with van der Waals surface area (Å²) in [7, 11) is 0. The lowest BCUT2D eigenvalue weighted by Gasteiger charge is -2.13. The minimum Gasteiger partial charge on any atom is -0.457 e.